The molecule has 0 saturated heterocycles. The number of benzene rings is 1. The third-order valence-electron chi connectivity index (χ3n) is 11.4. The molecule has 74 heavy (non-hydrogen) atoms. The summed E-state index contributed by atoms with van der Waals surface area (Å²) in [6, 6.07) is -5.02. The van der Waals surface area contributed by atoms with Crippen molar-refractivity contribution in [3.63, 3.8) is 0 Å². The third kappa shape index (κ3) is 22.7. The van der Waals surface area contributed by atoms with E-state index in [0.29, 0.717) is 12.0 Å². The monoisotopic (exact) mass is 1050 g/mol. The first kappa shape index (κ1) is 64.8. The molecule has 0 aliphatic rings. The first-order valence-corrected chi connectivity index (χ1v) is 24.1. The van der Waals surface area contributed by atoms with Gasteiger partial charge in [0.15, 0.2) is 0 Å². The van der Waals surface area contributed by atoms with E-state index in [1.165, 1.54) is 13.8 Å². The van der Waals surface area contributed by atoms with E-state index in [1.807, 2.05) is 0 Å². The summed E-state index contributed by atoms with van der Waals surface area (Å²) in [5.41, 5.74) is 17.0. The number of primary amides is 2. The Bertz CT molecular complexity index is 2130. The number of hydrogen-bond donors (Lipinski definition) is 15. The molecular weight excluding hydrogens is 973 g/mol. The fourth-order valence-electron chi connectivity index (χ4n) is 6.98. The Kier molecular flexibility index (Phi) is 28.0. The summed E-state index contributed by atoms with van der Waals surface area (Å²) in [5, 5.41) is 50.4. The molecule has 0 aliphatic heterocycles. The number of hydrogen-bond acceptors (Lipinski definition) is 15. The van der Waals surface area contributed by atoms with Crippen molar-refractivity contribution in [3.8, 4) is 0 Å². The van der Waals surface area contributed by atoms with Crippen LogP contribution in [-0.4, -0.2) is 160 Å². The van der Waals surface area contributed by atoms with Gasteiger partial charge < -0.3 is 80.4 Å². The zero-order valence-corrected chi connectivity index (χ0v) is 43.0. The Hall–Kier alpha value is -7.26. The van der Waals surface area contributed by atoms with E-state index in [2.05, 4.69) is 47.9 Å². The van der Waals surface area contributed by atoms with E-state index in [-0.39, 0.29) is 18.8 Å². The summed E-state index contributed by atoms with van der Waals surface area (Å²) in [6.07, 6.45) is -1.39. The van der Waals surface area contributed by atoms with Gasteiger partial charge in [0.25, 0.3) is 0 Å². The fourth-order valence-corrected chi connectivity index (χ4v) is 6.98. The Morgan fingerprint density at radius 2 is 0.959 bits per heavy atom. The summed E-state index contributed by atoms with van der Waals surface area (Å²) in [7, 11) is 0. The molecule has 1 rings (SSSR count). The van der Waals surface area contributed by atoms with Gasteiger partial charge in [0.05, 0.1) is 32.6 Å². The zero-order chi connectivity index (χ0) is 56.6. The molecule has 1 aromatic carbocycles. The van der Waals surface area contributed by atoms with E-state index >= 15 is 0 Å². The predicted octanol–water partition coefficient (Wildman–Crippen LogP) is -5.22. The van der Waals surface area contributed by atoms with Gasteiger partial charge in [-0.3, -0.25) is 52.7 Å². The Balaban J connectivity index is 3.25. The van der Waals surface area contributed by atoms with Gasteiger partial charge in [0, 0.05) is 6.42 Å². The average Bonchev–Trinajstić information content (AvgIpc) is 3.32. The number of aliphatic carboxylic acids is 1. The highest BCUT2D eigenvalue weighted by molar-refractivity contribution is 6.00. The average molecular weight is 1050 g/mol. The van der Waals surface area contributed by atoms with Crippen LogP contribution in [0.4, 0.5) is 0 Å². The highest BCUT2D eigenvalue weighted by atomic mass is 16.4. The van der Waals surface area contributed by atoms with Crippen LogP contribution in [0.15, 0.2) is 30.3 Å². The molecule has 18 N–H and O–H groups in total. The first-order chi connectivity index (χ1) is 34.6. The first-order valence-electron chi connectivity index (χ1n) is 24.1. The van der Waals surface area contributed by atoms with Crippen molar-refractivity contribution >= 4 is 70.9 Å². The van der Waals surface area contributed by atoms with Crippen molar-refractivity contribution in [2.24, 2.45) is 40.9 Å². The third-order valence-corrected chi connectivity index (χ3v) is 11.4. The molecule has 414 valence electrons. The van der Waals surface area contributed by atoms with Crippen molar-refractivity contribution in [1.29, 1.82) is 0 Å². The molecule has 0 spiro atoms. The van der Waals surface area contributed by atoms with Crippen molar-refractivity contribution in [2.45, 2.75) is 142 Å². The molecule has 10 atom stereocenters. The van der Waals surface area contributed by atoms with Crippen LogP contribution in [0.25, 0.3) is 0 Å². The predicted molar refractivity (Wildman–Crippen MR) is 265 cm³/mol. The molecule has 0 radical (unpaired) electrons. The van der Waals surface area contributed by atoms with E-state index in [0.717, 1.165) is 0 Å². The molecule has 27 heteroatoms. The Labute approximate surface area is 429 Å². The van der Waals surface area contributed by atoms with Crippen molar-refractivity contribution in [2.75, 3.05) is 19.8 Å². The summed E-state index contributed by atoms with van der Waals surface area (Å²) < 4.78 is 0. The van der Waals surface area contributed by atoms with E-state index in [1.54, 1.807) is 71.9 Å². The number of nitrogens with one attached hydrogen (secondary N) is 9. The topological polar surface area (TPSA) is 452 Å². The maximum absolute atomic E-state index is 13.8. The minimum Gasteiger partial charge on any atom is -0.480 e. The van der Waals surface area contributed by atoms with Gasteiger partial charge in [0.2, 0.25) is 65.0 Å². The number of carboxylic acids is 1. The second-order valence-corrected chi connectivity index (χ2v) is 18.9. The number of aliphatic hydroxyl groups is 2. The summed E-state index contributed by atoms with van der Waals surface area (Å²) in [6.45, 7) is 10.4. The van der Waals surface area contributed by atoms with Gasteiger partial charge in [-0.05, 0) is 35.7 Å². The second kappa shape index (κ2) is 32.0. The normalized spacial score (nSPS) is 15.2. The van der Waals surface area contributed by atoms with Gasteiger partial charge in [-0.15, -0.1) is 0 Å². The molecular formula is C47H76N12O15. The van der Waals surface area contributed by atoms with Crippen molar-refractivity contribution < 1.29 is 72.9 Å². The molecule has 0 saturated carbocycles. The summed E-state index contributed by atoms with van der Waals surface area (Å²) in [4.78, 5) is 157. The molecule has 0 heterocycles. The van der Waals surface area contributed by atoms with Crippen LogP contribution < -0.4 is 65.1 Å². The van der Waals surface area contributed by atoms with E-state index in [4.69, 9.17) is 17.2 Å². The lowest BCUT2D eigenvalue weighted by Crippen LogP contribution is -2.62. The van der Waals surface area contributed by atoms with Crippen LogP contribution in [0.3, 0.4) is 0 Å². The fraction of sp³-hybridized carbons (Fsp3) is 0.617. The van der Waals surface area contributed by atoms with Crippen LogP contribution >= 0.6 is 0 Å². The number of carbonyl (C=O) groups excluding carboxylic acids is 11. The van der Waals surface area contributed by atoms with Crippen molar-refractivity contribution in [1.82, 2.24) is 47.9 Å². The smallest absolute Gasteiger partial charge is 0.326 e. The molecule has 0 aliphatic carbocycles. The lowest BCUT2D eigenvalue weighted by atomic mass is 9.96. The Morgan fingerprint density at radius 1 is 0.514 bits per heavy atom. The number of carbonyl (C=O) groups is 12. The molecule has 0 fully saturated rings. The van der Waals surface area contributed by atoms with E-state index < -0.39 is 176 Å². The number of rotatable bonds is 33. The van der Waals surface area contributed by atoms with Gasteiger partial charge in [-0.1, -0.05) is 92.1 Å². The standard InChI is InChI=1S/C47H76N12O15/c1-9-25(8)38(59-41(67)28(15-22(2)3)53-39(65)27(48)20-60)46(72)55-30(17-33(49)62)40(66)56-32(21-61)44(70)54-31(18-34(50)63)43(69)57-36(23(4)5)45(71)51-19-35(64)52-29(16-26-13-11-10-12-14-26)42(68)58-37(24(6)7)47(73)74/h10-14,22-25,27-32,36-38,60-61H,9,15-21,48H2,1-8H3,(H2,49,62)(H2,50,63)(H,51,71)(H,52,64)(H,53,65)(H,54,70)(H,55,72)(H,56,66)(H,57,69)(H,58,68)(H,59,67)(H,73,74)/t25-,27-,28-,29-,30-,31-,32-,36-,37-,38-/m0/s1. The number of aliphatic hydroxyl groups excluding tert-OH is 2. The lowest BCUT2D eigenvalue weighted by Gasteiger charge is -2.29. The molecule has 0 aromatic heterocycles. The number of nitrogens with two attached hydrogens (primary N) is 3. The minimum absolute atomic E-state index is 0.0483. The van der Waals surface area contributed by atoms with Gasteiger partial charge in [-0.25, -0.2) is 4.79 Å². The highest BCUT2D eigenvalue weighted by Crippen LogP contribution is 2.13. The highest BCUT2D eigenvalue weighted by Gasteiger charge is 2.37. The maximum atomic E-state index is 13.8. The van der Waals surface area contributed by atoms with Crippen LogP contribution in [0.1, 0.15) is 86.6 Å². The molecule has 11 amide bonds. The minimum atomic E-state index is -1.93. The quantitative estimate of drug-likeness (QED) is 0.0313. The van der Waals surface area contributed by atoms with Crippen LogP contribution in [0.5, 0.6) is 0 Å². The number of amides is 11. The summed E-state index contributed by atoms with van der Waals surface area (Å²) in [5.74, 6) is -14.4. The molecule has 1 aromatic rings. The molecule has 27 nitrogen and oxygen atoms in total. The van der Waals surface area contributed by atoms with Gasteiger partial charge >= 0.3 is 5.97 Å². The van der Waals surface area contributed by atoms with E-state index in [9.17, 15) is 72.9 Å². The summed E-state index contributed by atoms with van der Waals surface area (Å²) >= 11 is 0. The number of carboxylic acid groups (broad SMARTS) is 1. The second-order valence-electron chi connectivity index (χ2n) is 18.9. The maximum Gasteiger partial charge on any atom is 0.326 e. The SMILES string of the molecule is CC[C@H](C)[C@H](NC(=O)[C@H](CC(C)C)NC(=O)[C@@H](N)CO)C(=O)N[C@@H](CC(N)=O)C(=O)N[C@@H](CO)C(=O)N[C@@H](CC(N)=O)C(=O)N[C@H](C(=O)NCC(=O)N[C@@H](Cc1ccccc1)C(=O)N[C@H](C(=O)O)C(C)C)C(C)C. The lowest BCUT2D eigenvalue weighted by molar-refractivity contribution is -0.143. The molecule has 0 unspecified atom stereocenters. The van der Waals surface area contributed by atoms with Gasteiger partial charge in [-0.2, -0.15) is 0 Å². The zero-order valence-electron chi connectivity index (χ0n) is 43.0. The van der Waals surface area contributed by atoms with Crippen LogP contribution in [0, 0.1) is 23.7 Å². The largest absolute Gasteiger partial charge is 0.480 e. The van der Waals surface area contributed by atoms with Crippen LogP contribution in [-0.2, 0) is 64.0 Å². The Morgan fingerprint density at radius 3 is 1.43 bits per heavy atom. The van der Waals surface area contributed by atoms with Gasteiger partial charge in [0.1, 0.15) is 54.4 Å². The van der Waals surface area contributed by atoms with Crippen LogP contribution in [0.2, 0.25) is 0 Å². The molecule has 0 bridgehead atoms. The van der Waals surface area contributed by atoms with Crippen molar-refractivity contribution in [3.05, 3.63) is 35.9 Å².